The number of nitrogens with one attached hydrogen (secondary N) is 1. The Kier molecular flexibility index (Phi) is 5.27. The van der Waals surface area contributed by atoms with Crippen molar-refractivity contribution in [1.29, 1.82) is 0 Å². The van der Waals surface area contributed by atoms with Crippen molar-refractivity contribution in [3.8, 4) is 0 Å². The van der Waals surface area contributed by atoms with Gasteiger partial charge < -0.3 is 15.1 Å². The third-order valence-corrected chi connectivity index (χ3v) is 6.58. The number of hydrogen-bond donors (Lipinski definition) is 1. The molecule has 0 aromatic carbocycles. The van der Waals surface area contributed by atoms with Crippen molar-refractivity contribution < 1.29 is 9.59 Å². The van der Waals surface area contributed by atoms with Crippen LogP contribution in [0.25, 0.3) is 0 Å². The maximum atomic E-state index is 12.6. The summed E-state index contributed by atoms with van der Waals surface area (Å²) in [7, 11) is 0. The number of likely N-dealkylation sites (tertiary alicyclic amines) is 1. The molecule has 4 heterocycles. The fraction of sp³-hybridized carbons (Fsp3) is 0.895. The Morgan fingerprint density at radius 1 is 0.800 bits per heavy atom. The van der Waals surface area contributed by atoms with E-state index in [2.05, 4.69) is 10.2 Å². The van der Waals surface area contributed by atoms with Crippen molar-refractivity contribution in [3.63, 3.8) is 0 Å². The van der Waals surface area contributed by atoms with E-state index >= 15 is 0 Å². The maximum Gasteiger partial charge on any atom is 0.236 e. The number of carbonyl (C=O) groups excluding carboxylic acids is 2. The summed E-state index contributed by atoms with van der Waals surface area (Å²) in [6.07, 6.45) is 7.94. The van der Waals surface area contributed by atoms with Crippen LogP contribution in [0.3, 0.4) is 0 Å². The van der Waals surface area contributed by atoms with Gasteiger partial charge in [0.05, 0.1) is 6.54 Å². The molecule has 0 aliphatic carbocycles. The minimum Gasteiger partial charge on any atom is -0.342 e. The van der Waals surface area contributed by atoms with Crippen LogP contribution in [0, 0.1) is 5.92 Å². The molecule has 0 aromatic heterocycles. The highest BCUT2D eigenvalue weighted by Crippen LogP contribution is 2.33. The van der Waals surface area contributed by atoms with Crippen LogP contribution in [0.2, 0.25) is 0 Å². The molecule has 140 valence electrons. The lowest BCUT2D eigenvalue weighted by Crippen LogP contribution is -2.51. The Labute approximate surface area is 150 Å². The molecule has 2 unspecified atom stereocenters. The number of rotatable bonds is 4. The topological polar surface area (TPSA) is 55.9 Å². The van der Waals surface area contributed by atoms with Gasteiger partial charge in [0, 0.05) is 57.8 Å². The monoisotopic (exact) mass is 348 g/mol. The van der Waals surface area contributed by atoms with Gasteiger partial charge in [0.2, 0.25) is 11.8 Å². The van der Waals surface area contributed by atoms with Crippen LogP contribution in [0.15, 0.2) is 0 Å². The van der Waals surface area contributed by atoms with E-state index in [9.17, 15) is 9.59 Å². The van der Waals surface area contributed by atoms with Gasteiger partial charge in [-0.05, 0) is 44.4 Å². The molecule has 6 heteroatoms. The largest absolute Gasteiger partial charge is 0.342 e. The van der Waals surface area contributed by atoms with Gasteiger partial charge in [0.1, 0.15) is 0 Å². The minimum atomic E-state index is 0.266. The zero-order valence-electron chi connectivity index (χ0n) is 15.3. The molecule has 4 aliphatic rings. The van der Waals surface area contributed by atoms with E-state index in [1.165, 1.54) is 25.7 Å². The first-order valence-corrected chi connectivity index (χ1v) is 10.2. The molecule has 25 heavy (non-hydrogen) atoms. The third kappa shape index (κ3) is 4.17. The standard InChI is InChI=1S/C19H32N4O2/c24-18(13-15-11-16-3-4-17(12-15)20-16)23-9-7-21(8-10-23)14-19(25)22-5-1-2-6-22/h15-17,20H,1-14H2. The summed E-state index contributed by atoms with van der Waals surface area (Å²) in [5.41, 5.74) is 0. The Morgan fingerprint density at radius 2 is 1.40 bits per heavy atom. The maximum absolute atomic E-state index is 12.6. The average Bonchev–Trinajstić information content (AvgIpc) is 3.25. The van der Waals surface area contributed by atoms with Crippen LogP contribution in [0.4, 0.5) is 0 Å². The molecule has 0 aromatic rings. The van der Waals surface area contributed by atoms with Crippen molar-refractivity contribution in [2.24, 2.45) is 5.92 Å². The molecule has 6 nitrogen and oxygen atoms in total. The van der Waals surface area contributed by atoms with Crippen LogP contribution in [-0.2, 0) is 9.59 Å². The van der Waals surface area contributed by atoms with Crippen molar-refractivity contribution in [2.75, 3.05) is 45.8 Å². The summed E-state index contributed by atoms with van der Waals surface area (Å²) < 4.78 is 0. The number of piperidine rings is 1. The van der Waals surface area contributed by atoms with E-state index in [0.717, 1.165) is 58.5 Å². The highest BCUT2D eigenvalue weighted by molar-refractivity contribution is 5.79. The van der Waals surface area contributed by atoms with E-state index < -0.39 is 0 Å². The van der Waals surface area contributed by atoms with Gasteiger partial charge in [-0.25, -0.2) is 0 Å². The van der Waals surface area contributed by atoms with Crippen molar-refractivity contribution in [2.45, 2.75) is 57.0 Å². The Bertz CT molecular complexity index is 486. The molecule has 1 N–H and O–H groups in total. The van der Waals surface area contributed by atoms with Gasteiger partial charge in [-0.2, -0.15) is 0 Å². The lowest BCUT2D eigenvalue weighted by atomic mass is 9.89. The molecule has 4 aliphatic heterocycles. The van der Waals surface area contributed by atoms with Gasteiger partial charge in [0.15, 0.2) is 0 Å². The Balaban J connectivity index is 1.19. The molecule has 0 radical (unpaired) electrons. The molecule has 2 bridgehead atoms. The second kappa shape index (κ2) is 7.62. The summed E-state index contributed by atoms with van der Waals surface area (Å²) in [5.74, 6) is 1.17. The average molecular weight is 348 g/mol. The van der Waals surface area contributed by atoms with Crippen LogP contribution >= 0.6 is 0 Å². The van der Waals surface area contributed by atoms with Gasteiger partial charge in [-0.15, -0.1) is 0 Å². The fourth-order valence-electron chi connectivity index (χ4n) is 5.13. The van der Waals surface area contributed by atoms with Gasteiger partial charge in [-0.3, -0.25) is 14.5 Å². The van der Waals surface area contributed by atoms with Gasteiger partial charge in [-0.1, -0.05) is 0 Å². The number of carbonyl (C=O) groups is 2. The molecule has 2 atom stereocenters. The summed E-state index contributed by atoms with van der Waals surface area (Å²) in [4.78, 5) is 31.1. The SMILES string of the molecule is O=C(CC1CC2CCC(C1)N2)N1CCN(CC(=O)N2CCCC2)CC1. The summed E-state index contributed by atoms with van der Waals surface area (Å²) in [6.45, 7) is 5.62. The predicted molar refractivity (Wildman–Crippen MR) is 96.1 cm³/mol. The van der Waals surface area contributed by atoms with Crippen molar-refractivity contribution in [3.05, 3.63) is 0 Å². The van der Waals surface area contributed by atoms with E-state index in [1.807, 2.05) is 9.80 Å². The van der Waals surface area contributed by atoms with E-state index in [-0.39, 0.29) is 5.91 Å². The summed E-state index contributed by atoms with van der Waals surface area (Å²) in [5, 5.41) is 3.65. The second-order valence-electron chi connectivity index (χ2n) is 8.42. The number of nitrogens with zero attached hydrogens (tertiary/aromatic N) is 3. The van der Waals surface area contributed by atoms with Gasteiger partial charge >= 0.3 is 0 Å². The molecular formula is C19H32N4O2. The van der Waals surface area contributed by atoms with Crippen LogP contribution in [0.5, 0.6) is 0 Å². The summed E-state index contributed by atoms with van der Waals surface area (Å²) >= 11 is 0. The van der Waals surface area contributed by atoms with Crippen LogP contribution < -0.4 is 5.32 Å². The first kappa shape index (κ1) is 17.3. The highest BCUT2D eigenvalue weighted by atomic mass is 16.2. The third-order valence-electron chi connectivity index (χ3n) is 6.58. The predicted octanol–water partition coefficient (Wildman–Crippen LogP) is 0.674. The van der Waals surface area contributed by atoms with Gasteiger partial charge in [0.25, 0.3) is 0 Å². The molecule has 4 saturated heterocycles. The van der Waals surface area contributed by atoms with Crippen molar-refractivity contribution >= 4 is 11.8 Å². The summed E-state index contributed by atoms with van der Waals surface area (Å²) in [6, 6.07) is 1.31. The highest BCUT2D eigenvalue weighted by Gasteiger charge is 2.35. The molecule has 0 spiro atoms. The minimum absolute atomic E-state index is 0.266. The zero-order valence-corrected chi connectivity index (χ0v) is 15.3. The second-order valence-corrected chi connectivity index (χ2v) is 8.42. The normalized spacial score (nSPS) is 33.0. The van der Waals surface area contributed by atoms with Crippen LogP contribution in [0.1, 0.15) is 44.9 Å². The molecule has 2 amide bonds. The molecule has 4 fully saturated rings. The lowest BCUT2D eigenvalue weighted by molar-refractivity contribution is -0.135. The van der Waals surface area contributed by atoms with E-state index in [1.54, 1.807) is 0 Å². The fourth-order valence-corrected chi connectivity index (χ4v) is 5.13. The number of fused-ring (bicyclic) bond motifs is 2. The Hall–Kier alpha value is -1.14. The zero-order chi connectivity index (χ0) is 17.2. The molecule has 0 saturated carbocycles. The van der Waals surface area contributed by atoms with E-state index in [4.69, 9.17) is 0 Å². The lowest BCUT2D eigenvalue weighted by Gasteiger charge is -2.36. The van der Waals surface area contributed by atoms with Crippen molar-refractivity contribution in [1.82, 2.24) is 20.0 Å². The smallest absolute Gasteiger partial charge is 0.236 e. The first-order chi connectivity index (χ1) is 12.2. The Morgan fingerprint density at radius 3 is 2.04 bits per heavy atom. The quantitative estimate of drug-likeness (QED) is 0.812. The van der Waals surface area contributed by atoms with E-state index in [0.29, 0.717) is 30.5 Å². The molecule has 4 rings (SSSR count). The van der Waals surface area contributed by atoms with Crippen LogP contribution in [-0.4, -0.2) is 84.4 Å². The molecular weight excluding hydrogens is 316 g/mol. The number of hydrogen-bond acceptors (Lipinski definition) is 4. The first-order valence-electron chi connectivity index (χ1n) is 10.2. The number of piperazine rings is 1. The number of amides is 2.